The van der Waals surface area contributed by atoms with Crippen LogP contribution in [-0.4, -0.2) is 28.0 Å². The summed E-state index contributed by atoms with van der Waals surface area (Å²) in [6, 6.07) is -0.400. The van der Waals surface area contributed by atoms with Gasteiger partial charge in [0.05, 0.1) is 12.4 Å². The van der Waals surface area contributed by atoms with E-state index in [1.807, 2.05) is 10.8 Å². The summed E-state index contributed by atoms with van der Waals surface area (Å²) in [5, 5.41) is 2.81. The zero-order chi connectivity index (χ0) is 12.0. The molecule has 0 bridgehead atoms. The normalized spacial score (nSPS) is 12.8. The maximum atomic E-state index is 11.5. The van der Waals surface area contributed by atoms with Crippen LogP contribution in [0.25, 0.3) is 0 Å². The molecule has 0 saturated heterocycles. The molecule has 0 spiro atoms. The average molecular weight is 224 g/mol. The topological polar surface area (TPSA) is 72.9 Å². The van der Waals surface area contributed by atoms with Crippen LogP contribution in [0.1, 0.15) is 20.3 Å². The van der Waals surface area contributed by atoms with E-state index >= 15 is 0 Å². The van der Waals surface area contributed by atoms with Crippen molar-refractivity contribution in [2.75, 3.05) is 6.54 Å². The Morgan fingerprint density at radius 3 is 2.88 bits per heavy atom. The van der Waals surface area contributed by atoms with E-state index in [0.717, 1.165) is 13.0 Å². The first-order valence-electron chi connectivity index (χ1n) is 5.58. The van der Waals surface area contributed by atoms with Gasteiger partial charge in [0.15, 0.2) is 0 Å². The van der Waals surface area contributed by atoms with Gasteiger partial charge in [-0.2, -0.15) is 0 Å². The summed E-state index contributed by atoms with van der Waals surface area (Å²) in [7, 11) is 0. The Kier molecular flexibility index (Phi) is 4.98. The van der Waals surface area contributed by atoms with Gasteiger partial charge >= 0.3 is 0 Å². The number of carbonyl (C=O) groups excluding carboxylic acids is 1. The Morgan fingerprint density at radius 2 is 2.31 bits per heavy atom. The van der Waals surface area contributed by atoms with Crippen LogP contribution in [0.5, 0.6) is 0 Å². The van der Waals surface area contributed by atoms with Crippen LogP contribution in [0.3, 0.4) is 0 Å². The van der Waals surface area contributed by atoms with Gasteiger partial charge in [-0.3, -0.25) is 4.79 Å². The number of aromatic nitrogens is 2. The number of nitrogens with zero attached hydrogens (tertiary/aromatic N) is 2. The molecule has 90 valence electrons. The Hall–Kier alpha value is -1.36. The van der Waals surface area contributed by atoms with E-state index in [4.69, 9.17) is 5.73 Å². The van der Waals surface area contributed by atoms with Crippen LogP contribution in [0.15, 0.2) is 18.7 Å². The number of hydrogen-bond acceptors (Lipinski definition) is 3. The maximum absolute atomic E-state index is 11.5. The lowest BCUT2D eigenvalue weighted by Crippen LogP contribution is -2.42. The lowest BCUT2D eigenvalue weighted by atomic mass is 10.0. The molecule has 0 aliphatic carbocycles. The molecule has 1 aromatic rings. The third kappa shape index (κ3) is 4.44. The van der Waals surface area contributed by atoms with Gasteiger partial charge in [0.25, 0.3) is 0 Å². The molecular weight excluding hydrogens is 204 g/mol. The van der Waals surface area contributed by atoms with Gasteiger partial charge in [-0.05, 0) is 12.3 Å². The van der Waals surface area contributed by atoms with Gasteiger partial charge in [-0.25, -0.2) is 4.98 Å². The van der Waals surface area contributed by atoms with Gasteiger partial charge in [0.1, 0.15) is 0 Å². The van der Waals surface area contributed by atoms with Crippen LogP contribution in [0.2, 0.25) is 0 Å². The van der Waals surface area contributed by atoms with Crippen molar-refractivity contribution in [1.29, 1.82) is 0 Å². The van der Waals surface area contributed by atoms with Crippen molar-refractivity contribution < 1.29 is 4.79 Å². The first-order chi connectivity index (χ1) is 7.59. The standard InChI is InChI=1S/C11H20N4O/c1-9(2)7-10(12)11(16)14-4-6-15-5-3-13-8-15/h3,5,8-10H,4,6-7,12H2,1-2H3,(H,14,16)/t10-/m0/s1. The molecule has 3 N–H and O–H groups in total. The number of amides is 1. The monoisotopic (exact) mass is 224 g/mol. The van der Waals surface area contributed by atoms with Gasteiger partial charge in [-0.1, -0.05) is 13.8 Å². The van der Waals surface area contributed by atoms with E-state index in [1.54, 1.807) is 12.5 Å². The summed E-state index contributed by atoms with van der Waals surface area (Å²) in [6.45, 7) is 5.42. The predicted molar refractivity (Wildman–Crippen MR) is 62.7 cm³/mol. The maximum Gasteiger partial charge on any atom is 0.236 e. The summed E-state index contributed by atoms with van der Waals surface area (Å²) in [4.78, 5) is 15.5. The number of nitrogens with one attached hydrogen (secondary N) is 1. The first kappa shape index (κ1) is 12.7. The second-order valence-corrected chi connectivity index (χ2v) is 4.33. The molecule has 1 rings (SSSR count). The van der Waals surface area contributed by atoms with Crippen molar-refractivity contribution in [1.82, 2.24) is 14.9 Å². The zero-order valence-corrected chi connectivity index (χ0v) is 9.89. The Balaban J connectivity index is 2.19. The minimum absolute atomic E-state index is 0.0752. The minimum Gasteiger partial charge on any atom is -0.353 e. The van der Waals surface area contributed by atoms with E-state index in [2.05, 4.69) is 24.1 Å². The molecule has 0 aliphatic heterocycles. The molecule has 1 atom stereocenters. The number of carbonyl (C=O) groups is 1. The SMILES string of the molecule is CC(C)C[C@H](N)C(=O)NCCn1ccnc1. The van der Waals surface area contributed by atoms with E-state index in [9.17, 15) is 4.79 Å². The van der Waals surface area contributed by atoms with Crippen LogP contribution in [-0.2, 0) is 11.3 Å². The smallest absolute Gasteiger partial charge is 0.236 e. The largest absolute Gasteiger partial charge is 0.353 e. The molecule has 0 aromatic carbocycles. The third-order valence-corrected chi connectivity index (χ3v) is 2.29. The molecule has 1 heterocycles. The number of nitrogens with two attached hydrogens (primary N) is 1. The van der Waals surface area contributed by atoms with Gasteiger partial charge in [0, 0.05) is 25.5 Å². The van der Waals surface area contributed by atoms with E-state index in [-0.39, 0.29) is 5.91 Å². The molecule has 5 heteroatoms. The molecule has 5 nitrogen and oxygen atoms in total. The van der Waals surface area contributed by atoms with Gasteiger partial charge in [0.2, 0.25) is 5.91 Å². The Labute approximate surface area is 96.0 Å². The third-order valence-electron chi connectivity index (χ3n) is 2.29. The van der Waals surface area contributed by atoms with Crippen LogP contribution < -0.4 is 11.1 Å². The first-order valence-corrected chi connectivity index (χ1v) is 5.58. The molecule has 0 radical (unpaired) electrons. The fourth-order valence-corrected chi connectivity index (χ4v) is 1.47. The van der Waals surface area contributed by atoms with Crippen LogP contribution in [0, 0.1) is 5.92 Å². The van der Waals surface area contributed by atoms with Crippen molar-refractivity contribution in [3.63, 3.8) is 0 Å². The fourth-order valence-electron chi connectivity index (χ4n) is 1.47. The van der Waals surface area contributed by atoms with Gasteiger partial charge in [-0.15, -0.1) is 0 Å². The quantitative estimate of drug-likeness (QED) is 0.733. The summed E-state index contributed by atoms with van der Waals surface area (Å²) < 4.78 is 1.91. The highest BCUT2D eigenvalue weighted by molar-refractivity contribution is 5.81. The molecule has 0 saturated carbocycles. The van der Waals surface area contributed by atoms with Crippen molar-refractivity contribution in [2.24, 2.45) is 11.7 Å². The van der Waals surface area contributed by atoms with Crippen LogP contribution in [0.4, 0.5) is 0 Å². The molecule has 1 amide bonds. The van der Waals surface area contributed by atoms with Gasteiger partial charge < -0.3 is 15.6 Å². The lowest BCUT2D eigenvalue weighted by molar-refractivity contribution is -0.122. The zero-order valence-electron chi connectivity index (χ0n) is 9.89. The molecular formula is C11H20N4O. The number of hydrogen-bond donors (Lipinski definition) is 2. The van der Waals surface area contributed by atoms with E-state index in [1.165, 1.54) is 0 Å². The molecule has 0 aliphatic rings. The number of rotatable bonds is 6. The number of imidazole rings is 1. The lowest BCUT2D eigenvalue weighted by Gasteiger charge is -2.14. The molecule has 0 unspecified atom stereocenters. The Morgan fingerprint density at radius 1 is 1.56 bits per heavy atom. The Bertz CT molecular complexity index is 308. The second-order valence-electron chi connectivity index (χ2n) is 4.33. The summed E-state index contributed by atoms with van der Waals surface area (Å²) >= 11 is 0. The molecule has 0 fully saturated rings. The van der Waals surface area contributed by atoms with E-state index in [0.29, 0.717) is 12.5 Å². The van der Waals surface area contributed by atoms with Crippen LogP contribution >= 0.6 is 0 Å². The second kappa shape index (κ2) is 6.27. The van der Waals surface area contributed by atoms with Crippen molar-refractivity contribution in [3.8, 4) is 0 Å². The highest BCUT2D eigenvalue weighted by atomic mass is 16.2. The minimum atomic E-state index is -0.400. The fraction of sp³-hybridized carbons (Fsp3) is 0.636. The molecule has 1 aromatic heterocycles. The highest BCUT2D eigenvalue weighted by Gasteiger charge is 2.13. The average Bonchev–Trinajstić information content (AvgIpc) is 2.69. The summed E-state index contributed by atoms with van der Waals surface area (Å²) in [5.74, 6) is 0.364. The van der Waals surface area contributed by atoms with Crippen molar-refractivity contribution >= 4 is 5.91 Å². The van der Waals surface area contributed by atoms with E-state index < -0.39 is 6.04 Å². The molecule has 16 heavy (non-hydrogen) atoms. The van der Waals surface area contributed by atoms with Crippen molar-refractivity contribution in [2.45, 2.75) is 32.9 Å². The predicted octanol–water partition coefficient (Wildman–Crippen LogP) is 0.373. The highest BCUT2D eigenvalue weighted by Crippen LogP contribution is 2.02. The van der Waals surface area contributed by atoms with Crippen molar-refractivity contribution in [3.05, 3.63) is 18.7 Å². The summed E-state index contributed by atoms with van der Waals surface area (Å²) in [5.41, 5.74) is 5.75. The summed E-state index contributed by atoms with van der Waals surface area (Å²) in [6.07, 6.45) is 6.02.